The molecule has 1 rings (SSSR count). The molecule has 5 nitrogen and oxygen atoms in total. The normalized spacial score (nSPS) is 10.8. The van der Waals surface area contributed by atoms with Crippen molar-refractivity contribution in [3.05, 3.63) is 17.8 Å². The molecule has 112 valence electrons. The van der Waals surface area contributed by atoms with Crippen molar-refractivity contribution in [1.82, 2.24) is 15.1 Å². The molecule has 0 saturated heterocycles. The third-order valence-electron chi connectivity index (χ3n) is 3.44. The Balaban J connectivity index is 2.69. The molecule has 0 aliphatic heterocycles. The highest BCUT2D eigenvalue weighted by molar-refractivity contribution is 7.80. The Morgan fingerprint density at radius 3 is 2.45 bits per heavy atom. The van der Waals surface area contributed by atoms with Crippen molar-refractivity contribution in [2.75, 3.05) is 37.6 Å². The SMILES string of the molecule is CCN(CC)CCCN(CC)c1nnccc1C(N)=S. The first-order valence-corrected chi connectivity index (χ1v) is 7.63. The van der Waals surface area contributed by atoms with Crippen LogP contribution in [0.3, 0.4) is 0 Å². The van der Waals surface area contributed by atoms with Crippen molar-refractivity contribution in [1.29, 1.82) is 0 Å². The molecule has 1 heterocycles. The molecule has 0 spiro atoms. The maximum atomic E-state index is 5.76. The van der Waals surface area contributed by atoms with Gasteiger partial charge in [-0.05, 0) is 39.0 Å². The predicted molar refractivity (Wildman–Crippen MR) is 88.2 cm³/mol. The van der Waals surface area contributed by atoms with Crippen LogP contribution in [-0.2, 0) is 0 Å². The van der Waals surface area contributed by atoms with Crippen LogP contribution in [0.1, 0.15) is 32.8 Å². The van der Waals surface area contributed by atoms with Gasteiger partial charge in [0, 0.05) is 13.1 Å². The van der Waals surface area contributed by atoms with E-state index < -0.39 is 0 Å². The van der Waals surface area contributed by atoms with Crippen LogP contribution in [0, 0.1) is 0 Å². The van der Waals surface area contributed by atoms with E-state index in [-0.39, 0.29) is 0 Å². The standard InChI is InChI=1S/C14H25N5S/c1-4-18(5-2)10-7-11-19(6-3)14-12(13(15)20)8-9-16-17-14/h8-9H,4-7,10-11H2,1-3H3,(H2,15,20). The highest BCUT2D eigenvalue weighted by atomic mass is 32.1. The second-order valence-electron chi connectivity index (χ2n) is 4.59. The average Bonchev–Trinajstić information content (AvgIpc) is 2.47. The van der Waals surface area contributed by atoms with E-state index in [9.17, 15) is 0 Å². The highest BCUT2D eigenvalue weighted by Crippen LogP contribution is 2.16. The van der Waals surface area contributed by atoms with E-state index in [1.807, 2.05) is 6.07 Å². The van der Waals surface area contributed by atoms with Gasteiger partial charge < -0.3 is 15.5 Å². The lowest BCUT2D eigenvalue weighted by atomic mass is 10.2. The molecule has 0 radical (unpaired) electrons. The lowest BCUT2D eigenvalue weighted by Crippen LogP contribution is -2.32. The van der Waals surface area contributed by atoms with Gasteiger partial charge in [0.15, 0.2) is 5.82 Å². The molecule has 20 heavy (non-hydrogen) atoms. The first kappa shape index (κ1) is 16.8. The van der Waals surface area contributed by atoms with Gasteiger partial charge in [-0.1, -0.05) is 26.1 Å². The van der Waals surface area contributed by atoms with Crippen molar-refractivity contribution in [3.8, 4) is 0 Å². The van der Waals surface area contributed by atoms with Crippen LogP contribution in [-0.4, -0.2) is 52.8 Å². The molecule has 0 bridgehead atoms. The molecule has 2 N–H and O–H groups in total. The molecule has 0 aliphatic carbocycles. The van der Waals surface area contributed by atoms with Crippen LogP contribution in [0.15, 0.2) is 12.3 Å². The lowest BCUT2D eigenvalue weighted by molar-refractivity contribution is 0.300. The number of hydrogen-bond acceptors (Lipinski definition) is 5. The summed E-state index contributed by atoms with van der Waals surface area (Å²) in [5.41, 5.74) is 6.56. The summed E-state index contributed by atoms with van der Waals surface area (Å²) in [4.78, 5) is 4.97. The predicted octanol–water partition coefficient (Wildman–Crippen LogP) is 1.67. The van der Waals surface area contributed by atoms with Gasteiger partial charge in [0.05, 0.1) is 11.8 Å². The second-order valence-corrected chi connectivity index (χ2v) is 5.03. The molecule has 0 fully saturated rings. The van der Waals surface area contributed by atoms with Crippen LogP contribution >= 0.6 is 12.2 Å². The Morgan fingerprint density at radius 1 is 1.20 bits per heavy atom. The van der Waals surface area contributed by atoms with Crippen LogP contribution in [0.5, 0.6) is 0 Å². The lowest BCUT2D eigenvalue weighted by Gasteiger charge is -2.25. The maximum absolute atomic E-state index is 5.76. The monoisotopic (exact) mass is 295 g/mol. The molecule has 0 aromatic carbocycles. The average molecular weight is 295 g/mol. The number of nitrogens with zero attached hydrogens (tertiary/aromatic N) is 4. The third kappa shape index (κ3) is 4.68. The van der Waals surface area contributed by atoms with Gasteiger partial charge in [-0.3, -0.25) is 0 Å². The zero-order chi connectivity index (χ0) is 15.0. The fourth-order valence-corrected chi connectivity index (χ4v) is 2.35. The molecule has 1 aromatic rings. The van der Waals surface area contributed by atoms with Crippen LogP contribution in [0.25, 0.3) is 0 Å². The van der Waals surface area contributed by atoms with E-state index in [0.717, 1.165) is 50.5 Å². The zero-order valence-electron chi connectivity index (χ0n) is 12.7. The van der Waals surface area contributed by atoms with Crippen LogP contribution < -0.4 is 10.6 Å². The van der Waals surface area contributed by atoms with Crippen molar-refractivity contribution in [2.24, 2.45) is 5.73 Å². The van der Waals surface area contributed by atoms with Gasteiger partial charge in [0.2, 0.25) is 0 Å². The van der Waals surface area contributed by atoms with E-state index in [2.05, 4.69) is 40.8 Å². The molecule has 0 aliphatic rings. The summed E-state index contributed by atoms with van der Waals surface area (Å²) in [5, 5.41) is 8.16. The largest absolute Gasteiger partial charge is 0.389 e. The molecule has 6 heteroatoms. The Morgan fingerprint density at radius 2 is 1.90 bits per heavy atom. The Bertz CT molecular complexity index is 420. The minimum Gasteiger partial charge on any atom is -0.389 e. The number of hydrogen-bond donors (Lipinski definition) is 1. The second kappa shape index (κ2) is 8.81. The number of nitrogens with two attached hydrogens (primary N) is 1. The zero-order valence-corrected chi connectivity index (χ0v) is 13.5. The molecule has 0 saturated carbocycles. The van der Waals surface area contributed by atoms with Crippen LogP contribution in [0.4, 0.5) is 5.82 Å². The van der Waals surface area contributed by atoms with Gasteiger partial charge in [-0.2, -0.15) is 5.10 Å². The van der Waals surface area contributed by atoms with E-state index in [0.29, 0.717) is 4.99 Å². The summed E-state index contributed by atoms with van der Waals surface area (Å²) < 4.78 is 0. The smallest absolute Gasteiger partial charge is 0.161 e. The van der Waals surface area contributed by atoms with Gasteiger partial charge in [-0.25, -0.2) is 0 Å². The summed E-state index contributed by atoms with van der Waals surface area (Å²) in [6.07, 6.45) is 2.71. The van der Waals surface area contributed by atoms with Gasteiger partial charge >= 0.3 is 0 Å². The quantitative estimate of drug-likeness (QED) is 0.699. The number of rotatable bonds is 9. The van der Waals surface area contributed by atoms with Gasteiger partial charge in [-0.15, -0.1) is 5.10 Å². The molecular weight excluding hydrogens is 270 g/mol. The summed E-state index contributed by atoms with van der Waals surface area (Å²) in [5.74, 6) is 0.794. The topological polar surface area (TPSA) is 58.3 Å². The van der Waals surface area contributed by atoms with E-state index >= 15 is 0 Å². The first-order valence-electron chi connectivity index (χ1n) is 7.22. The van der Waals surface area contributed by atoms with Crippen molar-refractivity contribution in [2.45, 2.75) is 27.2 Å². The summed E-state index contributed by atoms with van der Waals surface area (Å²) in [6, 6.07) is 1.83. The Hall–Kier alpha value is -1.27. The fraction of sp³-hybridized carbons (Fsp3) is 0.643. The molecule has 1 aromatic heterocycles. The molecule has 0 amide bonds. The van der Waals surface area contributed by atoms with Gasteiger partial charge in [0.1, 0.15) is 4.99 Å². The number of thiocarbonyl (C=S) groups is 1. The molecular formula is C14H25N5S. The number of aromatic nitrogens is 2. The Kier molecular flexibility index (Phi) is 7.40. The van der Waals surface area contributed by atoms with Crippen molar-refractivity contribution in [3.63, 3.8) is 0 Å². The van der Waals surface area contributed by atoms with Crippen molar-refractivity contribution < 1.29 is 0 Å². The first-order chi connectivity index (χ1) is 9.63. The Labute approximate surface area is 127 Å². The summed E-state index contributed by atoms with van der Waals surface area (Å²) in [7, 11) is 0. The minimum absolute atomic E-state index is 0.372. The van der Waals surface area contributed by atoms with E-state index in [4.69, 9.17) is 18.0 Å². The fourth-order valence-electron chi connectivity index (χ4n) is 2.19. The minimum atomic E-state index is 0.372. The van der Waals surface area contributed by atoms with Crippen LogP contribution in [0.2, 0.25) is 0 Å². The van der Waals surface area contributed by atoms with Crippen molar-refractivity contribution >= 4 is 23.0 Å². The summed E-state index contributed by atoms with van der Waals surface area (Å²) in [6.45, 7) is 11.6. The van der Waals surface area contributed by atoms with E-state index in [1.165, 1.54) is 0 Å². The summed E-state index contributed by atoms with van der Waals surface area (Å²) >= 11 is 5.08. The van der Waals surface area contributed by atoms with E-state index in [1.54, 1.807) is 6.20 Å². The highest BCUT2D eigenvalue weighted by Gasteiger charge is 2.13. The number of anilines is 1. The maximum Gasteiger partial charge on any atom is 0.161 e. The van der Waals surface area contributed by atoms with Gasteiger partial charge in [0.25, 0.3) is 0 Å². The third-order valence-corrected chi connectivity index (χ3v) is 3.66. The molecule has 0 atom stereocenters. The molecule has 0 unspecified atom stereocenters.